The van der Waals surface area contributed by atoms with Crippen molar-refractivity contribution >= 4 is 5.97 Å². The molecule has 0 saturated carbocycles. The lowest BCUT2D eigenvalue weighted by atomic mass is 10.0. The molecule has 0 aliphatic rings. The van der Waals surface area contributed by atoms with Crippen molar-refractivity contribution in [2.24, 2.45) is 5.92 Å². The molecule has 0 aliphatic carbocycles. The van der Waals surface area contributed by atoms with E-state index in [0.29, 0.717) is 13.2 Å². The molecule has 0 spiro atoms. The Labute approximate surface area is 118 Å². The third-order valence-electron chi connectivity index (χ3n) is 3.28. The first-order valence-corrected chi connectivity index (χ1v) is 7.92. The van der Waals surface area contributed by atoms with Gasteiger partial charge in [-0.1, -0.05) is 65.2 Å². The van der Waals surface area contributed by atoms with E-state index < -0.39 is 5.97 Å². The zero-order chi connectivity index (χ0) is 14.3. The van der Waals surface area contributed by atoms with Crippen molar-refractivity contribution in [3.05, 3.63) is 0 Å². The smallest absolute Gasteiger partial charge is 0.305 e. The maximum absolute atomic E-state index is 10.2. The van der Waals surface area contributed by atoms with Crippen molar-refractivity contribution in [3.63, 3.8) is 0 Å². The second-order valence-electron chi connectivity index (χ2n) is 5.77. The Bertz CT molecular complexity index is 202. The van der Waals surface area contributed by atoms with Gasteiger partial charge >= 0.3 is 5.97 Å². The van der Waals surface area contributed by atoms with Crippen LogP contribution in [0.4, 0.5) is 0 Å². The molecule has 1 N–H and O–H groups in total. The maximum Gasteiger partial charge on any atom is 0.305 e. The highest BCUT2D eigenvalue weighted by molar-refractivity contribution is 5.66. The predicted molar refractivity (Wildman–Crippen MR) is 79.5 cm³/mol. The Morgan fingerprint density at radius 1 is 0.895 bits per heavy atom. The first-order valence-electron chi connectivity index (χ1n) is 7.92. The van der Waals surface area contributed by atoms with Crippen LogP contribution < -0.4 is 0 Å². The summed E-state index contributed by atoms with van der Waals surface area (Å²) < 4.78 is 5.25. The molecule has 0 radical (unpaired) electrons. The predicted octanol–water partition coefficient (Wildman–Crippen LogP) is 4.64. The van der Waals surface area contributed by atoms with Gasteiger partial charge in [-0.3, -0.25) is 4.79 Å². The van der Waals surface area contributed by atoms with Crippen LogP contribution in [0, 0.1) is 5.92 Å². The van der Waals surface area contributed by atoms with Crippen LogP contribution in [0.15, 0.2) is 0 Å². The van der Waals surface area contributed by atoms with Gasteiger partial charge in [0.25, 0.3) is 0 Å². The van der Waals surface area contributed by atoms with Crippen LogP contribution in [0.3, 0.4) is 0 Å². The Morgan fingerprint density at radius 2 is 1.42 bits per heavy atom. The van der Waals surface area contributed by atoms with E-state index in [-0.39, 0.29) is 6.42 Å². The molecule has 0 atom stereocenters. The first-order chi connectivity index (χ1) is 9.13. The summed E-state index contributed by atoms with van der Waals surface area (Å²) in [5.74, 6) is 0.0681. The highest BCUT2D eigenvalue weighted by Gasteiger charge is 1.97. The average molecular weight is 272 g/mol. The van der Waals surface area contributed by atoms with E-state index in [1.165, 1.54) is 51.4 Å². The molecule has 114 valence electrons. The molecule has 0 unspecified atom stereocenters. The van der Waals surface area contributed by atoms with Gasteiger partial charge < -0.3 is 9.84 Å². The molecule has 3 nitrogen and oxygen atoms in total. The summed E-state index contributed by atoms with van der Waals surface area (Å²) in [5.41, 5.74) is 0. The van der Waals surface area contributed by atoms with Crippen molar-refractivity contribution < 1.29 is 14.6 Å². The van der Waals surface area contributed by atoms with Crippen LogP contribution in [0.25, 0.3) is 0 Å². The molecule has 0 fully saturated rings. The number of hydrogen-bond acceptors (Lipinski definition) is 2. The molecule has 3 heteroatoms. The van der Waals surface area contributed by atoms with E-state index in [2.05, 4.69) is 13.8 Å². The minimum absolute atomic E-state index is 0.121. The Hall–Kier alpha value is -0.570. The largest absolute Gasteiger partial charge is 0.481 e. The minimum atomic E-state index is -0.780. The summed E-state index contributed by atoms with van der Waals surface area (Å²) >= 11 is 0. The number of rotatable bonds is 14. The highest BCUT2D eigenvalue weighted by Crippen LogP contribution is 2.12. The number of aliphatic carboxylic acids is 1. The molecule has 0 saturated heterocycles. The molecular formula is C16H32O3. The van der Waals surface area contributed by atoms with Gasteiger partial charge in [-0.25, -0.2) is 0 Å². The van der Waals surface area contributed by atoms with Gasteiger partial charge in [0.15, 0.2) is 0 Å². The summed E-state index contributed by atoms with van der Waals surface area (Å²) in [4.78, 5) is 10.2. The zero-order valence-electron chi connectivity index (χ0n) is 12.8. The lowest BCUT2D eigenvalue weighted by molar-refractivity contribution is -0.138. The molecule has 0 amide bonds. The molecule has 0 aromatic heterocycles. The number of unbranched alkanes of at least 4 members (excludes halogenated alkanes) is 7. The number of carboxylic acid groups (broad SMARTS) is 1. The molecule has 0 heterocycles. The number of hydrogen-bond donors (Lipinski definition) is 1. The van der Waals surface area contributed by atoms with Crippen LogP contribution in [0.1, 0.15) is 78.1 Å². The third kappa shape index (κ3) is 17.4. The topological polar surface area (TPSA) is 46.5 Å². The van der Waals surface area contributed by atoms with E-state index in [1.54, 1.807) is 0 Å². The van der Waals surface area contributed by atoms with Crippen molar-refractivity contribution in [1.29, 1.82) is 0 Å². The Kier molecular flexibility index (Phi) is 13.4. The van der Waals surface area contributed by atoms with Gasteiger partial charge in [-0.05, 0) is 12.3 Å². The summed E-state index contributed by atoms with van der Waals surface area (Å²) in [6, 6.07) is 0. The van der Waals surface area contributed by atoms with Crippen LogP contribution in [0.2, 0.25) is 0 Å². The molecule has 0 aliphatic heterocycles. The summed E-state index contributed by atoms with van der Waals surface area (Å²) in [6.07, 6.45) is 11.9. The average Bonchev–Trinajstić information content (AvgIpc) is 2.34. The fourth-order valence-electron chi connectivity index (χ4n) is 2.08. The second kappa shape index (κ2) is 13.9. The van der Waals surface area contributed by atoms with Gasteiger partial charge in [-0.2, -0.15) is 0 Å². The molecule has 0 rings (SSSR count). The van der Waals surface area contributed by atoms with E-state index in [4.69, 9.17) is 9.84 Å². The standard InChI is InChI=1S/C16H32O3/c1-15(2)11-9-7-5-3-4-6-8-10-13-19-14-12-16(17)18/h15H,3-14H2,1-2H3,(H,17,18). The fourth-order valence-corrected chi connectivity index (χ4v) is 2.08. The Balaban J connectivity index is 2.97. The molecule has 0 aromatic rings. The van der Waals surface area contributed by atoms with Crippen LogP contribution in [-0.4, -0.2) is 24.3 Å². The van der Waals surface area contributed by atoms with Crippen molar-refractivity contribution in [2.75, 3.05) is 13.2 Å². The molecule has 19 heavy (non-hydrogen) atoms. The molecule has 0 aromatic carbocycles. The lowest BCUT2D eigenvalue weighted by Crippen LogP contribution is -2.03. The van der Waals surface area contributed by atoms with E-state index >= 15 is 0 Å². The van der Waals surface area contributed by atoms with Gasteiger partial charge in [-0.15, -0.1) is 0 Å². The van der Waals surface area contributed by atoms with E-state index in [0.717, 1.165) is 12.3 Å². The van der Waals surface area contributed by atoms with Crippen LogP contribution in [0.5, 0.6) is 0 Å². The second-order valence-corrected chi connectivity index (χ2v) is 5.77. The quantitative estimate of drug-likeness (QED) is 0.468. The Morgan fingerprint density at radius 3 is 1.95 bits per heavy atom. The fraction of sp³-hybridized carbons (Fsp3) is 0.938. The van der Waals surface area contributed by atoms with Crippen molar-refractivity contribution in [1.82, 2.24) is 0 Å². The first kappa shape index (κ1) is 18.4. The van der Waals surface area contributed by atoms with Crippen molar-refractivity contribution in [3.8, 4) is 0 Å². The third-order valence-corrected chi connectivity index (χ3v) is 3.28. The van der Waals surface area contributed by atoms with Crippen molar-refractivity contribution in [2.45, 2.75) is 78.1 Å². The van der Waals surface area contributed by atoms with Gasteiger partial charge in [0.1, 0.15) is 0 Å². The van der Waals surface area contributed by atoms with Gasteiger partial charge in [0, 0.05) is 6.61 Å². The normalized spacial score (nSPS) is 11.1. The van der Waals surface area contributed by atoms with Crippen LogP contribution >= 0.6 is 0 Å². The number of carbonyl (C=O) groups is 1. The minimum Gasteiger partial charge on any atom is -0.481 e. The summed E-state index contributed by atoms with van der Waals surface area (Å²) in [7, 11) is 0. The SMILES string of the molecule is CC(C)CCCCCCCCCCOCCC(=O)O. The van der Waals surface area contributed by atoms with Crippen LogP contribution in [-0.2, 0) is 9.53 Å². The highest BCUT2D eigenvalue weighted by atomic mass is 16.5. The number of carboxylic acids is 1. The summed E-state index contributed by atoms with van der Waals surface area (Å²) in [6.45, 7) is 5.64. The van der Waals surface area contributed by atoms with Gasteiger partial charge in [0.2, 0.25) is 0 Å². The maximum atomic E-state index is 10.2. The lowest BCUT2D eigenvalue weighted by Gasteiger charge is -2.05. The summed E-state index contributed by atoms with van der Waals surface area (Å²) in [5, 5.41) is 8.43. The van der Waals surface area contributed by atoms with Gasteiger partial charge in [0.05, 0.1) is 13.0 Å². The molecular weight excluding hydrogens is 240 g/mol. The monoisotopic (exact) mass is 272 g/mol. The van der Waals surface area contributed by atoms with E-state index in [1.807, 2.05) is 0 Å². The molecule has 0 bridgehead atoms. The zero-order valence-corrected chi connectivity index (χ0v) is 12.8. The van der Waals surface area contributed by atoms with E-state index in [9.17, 15) is 4.79 Å². The number of ether oxygens (including phenoxy) is 1.